The average Bonchev–Trinajstić information content (AvgIpc) is 2.91. The maximum atomic E-state index is 13.8. The Morgan fingerprint density at radius 1 is 1.00 bits per heavy atom. The number of hydrogen-bond donors (Lipinski definition) is 1. The standard InChI is InChI=1S/C28H32FN3O5S/c1-5-37-25-14-12-24(13-15-25)32(38(35,36)26-16-10-23(29)11-17-26)19-27(33)31(21(3)28(34)30-4)18-22-9-7-6-8-20(22)2/h6-17,21H,5,18-19H2,1-4H3,(H,30,34). The predicted molar refractivity (Wildman–Crippen MR) is 144 cm³/mol. The SMILES string of the molecule is CCOc1ccc(N(CC(=O)N(Cc2ccccc2C)C(C)C(=O)NC)S(=O)(=O)c2ccc(F)cc2)cc1. The number of carbonyl (C=O) groups excluding carboxylic acids is 2. The first-order valence-electron chi connectivity index (χ1n) is 12.1. The highest BCUT2D eigenvalue weighted by molar-refractivity contribution is 7.92. The van der Waals surface area contributed by atoms with E-state index in [4.69, 9.17) is 4.74 Å². The van der Waals surface area contributed by atoms with Crippen molar-refractivity contribution in [3.8, 4) is 5.75 Å². The molecule has 3 aromatic rings. The van der Waals surface area contributed by atoms with Crippen LogP contribution in [0.25, 0.3) is 0 Å². The third kappa shape index (κ3) is 6.69. The van der Waals surface area contributed by atoms with Gasteiger partial charge in [0.2, 0.25) is 11.8 Å². The zero-order valence-corrected chi connectivity index (χ0v) is 22.7. The molecular formula is C28H32FN3O5S. The number of likely N-dealkylation sites (N-methyl/N-ethyl adjacent to an activating group) is 1. The van der Waals surface area contributed by atoms with E-state index in [-0.39, 0.29) is 23.0 Å². The summed E-state index contributed by atoms with van der Waals surface area (Å²) in [6.07, 6.45) is 0. The molecule has 0 fully saturated rings. The number of ether oxygens (including phenoxy) is 1. The zero-order valence-electron chi connectivity index (χ0n) is 21.8. The van der Waals surface area contributed by atoms with E-state index < -0.39 is 34.3 Å². The topological polar surface area (TPSA) is 96.0 Å². The number of benzene rings is 3. The average molecular weight is 542 g/mol. The molecule has 38 heavy (non-hydrogen) atoms. The summed E-state index contributed by atoms with van der Waals surface area (Å²) in [5, 5.41) is 2.55. The number of carbonyl (C=O) groups is 2. The van der Waals surface area contributed by atoms with Crippen molar-refractivity contribution in [3.63, 3.8) is 0 Å². The molecule has 0 aliphatic carbocycles. The van der Waals surface area contributed by atoms with E-state index in [1.165, 1.54) is 24.1 Å². The number of anilines is 1. The van der Waals surface area contributed by atoms with Crippen LogP contribution in [0.1, 0.15) is 25.0 Å². The van der Waals surface area contributed by atoms with Gasteiger partial charge in [-0.15, -0.1) is 0 Å². The molecule has 0 saturated carbocycles. The third-order valence-corrected chi connectivity index (χ3v) is 7.92. The van der Waals surface area contributed by atoms with Crippen LogP contribution in [0, 0.1) is 12.7 Å². The number of aryl methyl sites for hydroxylation is 1. The van der Waals surface area contributed by atoms with Gasteiger partial charge in [-0.3, -0.25) is 13.9 Å². The van der Waals surface area contributed by atoms with Crippen LogP contribution in [-0.4, -0.2) is 51.4 Å². The Bertz CT molecular complexity index is 1360. The van der Waals surface area contributed by atoms with Gasteiger partial charge in [0.15, 0.2) is 0 Å². The Balaban J connectivity index is 2.04. The molecule has 0 radical (unpaired) electrons. The smallest absolute Gasteiger partial charge is 0.264 e. The summed E-state index contributed by atoms with van der Waals surface area (Å²) in [5.41, 5.74) is 1.97. The van der Waals surface area contributed by atoms with Crippen LogP contribution in [0.15, 0.2) is 77.7 Å². The normalized spacial score (nSPS) is 11.9. The summed E-state index contributed by atoms with van der Waals surface area (Å²) >= 11 is 0. The summed E-state index contributed by atoms with van der Waals surface area (Å²) in [6.45, 7) is 5.27. The lowest BCUT2D eigenvalue weighted by atomic mass is 10.1. The molecule has 10 heteroatoms. The number of rotatable bonds is 11. The minimum absolute atomic E-state index is 0.105. The Morgan fingerprint density at radius 2 is 1.63 bits per heavy atom. The highest BCUT2D eigenvalue weighted by atomic mass is 32.2. The van der Waals surface area contributed by atoms with E-state index >= 15 is 0 Å². The second kappa shape index (κ2) is 12.6. The van der Waals surface area contributed by atoms with Crippen LogP contribution in [-0.2, 0) is 26.2 Å². The molecule has 0 spiro atoms. The van der Waals surface area contributed by atoms with E-state index in [0.717, 1.165) is 39.7 Å². The summed E-state index contributed by atoms with van der Waals surface area (Å²) < 4.78 is 47.4. The largest absolute Gasteiger partial charge is 0.494 e. The first-order valence-corrected chi connectivity index (χ1v) is 13.6. The Hall–Kier alpha value is -3.92. The second-order valence-corrected chi connectivity index (χ2v) is 10.5. The van der Waals surface area contributed by atoms with Crippen molar-refractivity contribution in [3.05, 3.63) is 89.7 Å². The highest BCUT2D eigenvalue weighted by Crippen LogP contribution is 2.27. The van der Waals surface area contributed by atoms with Crippen molar-refractivity contribution in [2.75, 3.05) is 24.5 Å². The molecule has 202 valence electrons. The van der Waals surface area contributed by atoms with E-state index in [2.05, 4.69) is 5.32 Å². The number of halogens is 1. The quantitative estimate of drug-likeness (QED) is 0.397. The molecule has 1 N–H and O–H groups in total. The van der Waals surface area contributed by atoms with Crippen molar-refractivity contribution in [2.24, 2.45) is 0 Å². The molecule has 0 aromatic heterocycles. The van der Waals surface area contributed by atoms with Crippen molar-refractivity contribution >= 4 is 27.5 Å². The summed E-state index contributed by atoms with van der Waals surface area (Å²) in [7, 11) is -2.81. The number of amides is 2. The van der Waals surface area contributed by atoms with Crippen molar-refractivity contribution in [1.29, 1.82) is 0 Å². The van der Waals surface area contributed by atoms with Gasteiger partial charge in [0.05, 0.1) is 17.2 Å². The number of nitrogens with zero attached hydrogens (tertiary/aromatic N) is 2. The molecule has 0 heterocycles. The van der Waals surface area contributed by atoms with Crippen molar-refractivity contribution < 1.29 is 27.1 Å². The fraction of sp³-hybridized carbons (Fsp3) is 0.286. The van der Waals surface area contributed by atoms with Crippen molar-refractivity contribution in [2.45, 2.75) is 38.3 Å². The molecule has 3 aromatic carbocycles. The van der Waals surface area contributed by atoms with Gasteiger partial charge in [-0.1, -0.05) is 24.3 Å². The first-order chi connectivity index (χ1) is 18.1. The minimum Gasteiger partial charge on any atom is -0.494 e. The monoisotopic (exact) mass is 541 g/mol. The zero-order chi connectivity index (χ0) is 27.9. The minimum atomic E-state index is -4.28. The van der Waals surface area contributed by atoms with Gasteiger partial charge >= 0.3 is 0 Å². The molecule has 3 rings (SSSR count). The number of hydrogen-bond acceptors (Lipinski definition) is 5. The van der Waals surface area contributed by atoms with Gasteiger partial charge in [-0.05, 0) is 80.4 Å². The van der Waals surface area contributed by atoms with Gasteiger partial charge in [-0.25, -0.2) is 12.8 Å². The summed E-state index contributed by atoms with van der Waals surface area (Å²) in [6, 6.07) is 17.2. The molecule has 0 aliphatic heterocycles. The molecule has 0 bridgehead atoms. The van der Waals surface area contributed by atoms with Crippen LogP contribution in [0.5, 0.6) is 5.75 Å². The van der Waals surface area contributed by atoms with E-state index in [0.29, 0.717) is 12.4 Å². The molecule has 1 atom stereocenters. The molecule has 0 aliphatic rings. The maximum Gasteiger partial charge on any atom is 0.264 e. The van der Waals surface area contributed by atoms with E-state index in [1.54, 1.807) is 19.1 Å². The fourth-order valence-electron chi connectivity index (χ4n) is 3.90. The van der Waals surface area contributed by atoms with Gasteiger partial charge in [0.1, 0.15) is 24.2 Å². The summed E-state index contributed by atoms with van der Waals surface area (Å²) in [4.78, 5) is 27.5. The fourth-order valence-corrected chi connectivity index (χ4v) is 5.31. The predicted octanol–water partition coefficient (Wildman–Crippen LogP) is 3.89. The number of nitrogens with one attached hydrogen (secondary N) is 1. The Labute approximate surface area is 223 Å². The highest BCUT2D eigenvalue weighted by Gasteiger charge is 2.32. The van der Waals surface area contributed by atoms with Crippen LogP contribution in [0.2, 0.25) is 0 Å². The maximum absolute atomic E-state index is 13.8. The lowest BCUT2D eigenvalue weighted by molar-refractivity contribution is -0.139. The molecular weight excluding hydrogens is 509 g/mol. The van der Waals surface area contributed by atoms with Gasteiger partial charge in [0, 0.05) is 13.6 Å². The first kappa shape index (κ1) is 28.6. The van der Waals surface area contributed by atoms with Gasteiger partial charge < -0.3 is 15.0 Å². The lowest BCUT2D eigenvalue weighted by Gasteiger charge is -2.32. The molecule has 0 saturated heterocycles. The van der Waals surface area contributed by atoms with Crippen molar-refractivity contribution in [1.82, 2.24) is 10.2 Å². The van der Waals surface area contributed by atoms with Crippen LogP contribution in [0.4, 0.5) is 10.1 Å². The lowest BCUT2D eigenvalue weighted by Crippen LogP contribution is -2.50. The van der Waals surface area contributed by atoms with E-state index in [9.17, 15) is 22.4 Å². The van der Waals surface area contributed by atoms with Gasteiger partial charge in [-0.2, -0.15) is 0 Å². The number of sulfonamides is 1. The summed E-state index contributed by atoms with van der Waals surface area (Å²) in [5.74, 6) is -1.02. The molecule has 2 amide bonds. The molecule has 1 unspecified atom stereocenters. The Morgan fingerprint density at radius 3 is 2.21 bits per heavy atom. The van der Waals surface area contributed by atoms with Gasteiger partial charge in [0.25, 0.3) is 10.0 Å². The van der Waals surface area contributed by atoms with Crippen LogP contribution in [0.3, 0.4) is 0 Å². The Kier molecular flexibility index (Phi) is 9.46. The second-order valence-electron chi connectivity index (χ2n) is 8.63. The van der Waals surface area contributed by atoms with Crippen LogP contribution >= 0.6 is 0 Å². The third-order valence-electron chi connectivity index (χ3n) is 6.13. The van der Waals surface area contributed by atoms with E-state index in [1.807, 2.05) is 38.1 Å². The molecule has 8 nitrogen and oxygen atoms in total. The van der Waals surface area contributed by atoms with Crippen LogP contribution < -0.4 is 14.4 Å².